The van der Waals surface area contributed by atoms with Gasteiger partial charge in [-0.05, 0) is 12.5 Å². The lowest BCUT2D eigenvalue weighted by molar-refractivity contribution is -0.159. The zero-order valence-corrected chi connectivity index (χ0v) is 10.6. The highest BCUT2D eigenvalue weighted by atomic mass is 19.4. The first-order valence-electron chi connectivity index (χ1n) is 6.17. The Bertz CT molecular complexity index is 636. The summed E-state index contributed by atoms with van der Waals surface area (Å²) >= 11 is 0. The van der Waals surface area contributed by atoms with Gasteiger partial charge < -0.3 is 13.8 Å². The van der Waals surface area contributed by atoms with Gasteiger partial charge in [0.25, 0.3) is 5.91 Å². The van der Waals surface area contributed by atoms with Crippen LogP contribution in [0.15, 0.2) is 27.5 Å². The summed E-state index contributed by atoms with van der Waals surface area (Å²) in [6.45, 7) is 0.672. The van der Waals surface area contributed by atoms with Crippen LogP contribution in [0.1, 0.15) is 34.4 Å². The molecule has 1 amide bonds. The first kappa shape index (κ1) is 13.7. The number of likely N-dealkylation sites (tertiary alicyclic amines) is 1. The molecule has 1 aliphatic rings. The van der Waals surface area contributed by atoms with Crippen LogP contribution in [0.2, 0.25) is 0 Å². The molecule has 6 nitrogen and oxygen atoms in total. The molecule has 1 saturated heterocycles. The first-order chi connectivity index (χ1) is 9.95. The third-order valence-corrected chi connectivity index (χ3v) is 3.29. The molecule has 0 radical (unpaired) electrons. The van der Waals surface area contributed by atoms with E-state index in [0.717, 1.165) is 0 Å². The predicted molar refractivity (Wildman–Crippen MR) is 61.3 cm³/mol. The molecule has 3 rings (SSSR count). The largest absolute Gasteiger partial charge is 0.472 e. The van der Waals surface area contributed by atoms with E-state index in [0.29, 0.717) is 18.5 Å². The van der Waals surface area contributed by atoms with E-state index in [2.05, 4.69) is 14.7 Å². The second-order valence-electron chi connectivity index (χ2n) is 4.70. The van der Waals surface area contributed by atoms with Crippen LogP contribution in [0.4, 0.5) is 13.2 Å². The minimum absolute atomic E-state index is 0.0233. The van der Waals surface area contributed by atoms with Crippen LogP contribution >= 0.6 is 0 Å². The lowest BCUT2D eigenvalue weighted by atomic mass is 10.1. The number of hydrogen-bond donors (Lipinski definition) is 0. The highest BCUT2D eigenvalue weighted by Gasteiger charge is 2.40. The minimum Gasteiger partial charge on any atom is -0.472 e. The number of nitrogens with zero attached hydrogens (tertiary/aromatic N) is 3. The Hall–Kier alpha value is -2.32. The van der Waals surface area contributed by atoms with Crippen LogP contribution in [0.25, 0.3) is 0 Å². The summed E-state index contributed by atoms with van der Waals surface area (Å²) in [7, 11) is 0. The Morgan fingerprint density at radius 2 is 2.24 bits per heavy atom. The molecule has 9 heteroatoms. The van der Waals surface area contributed by atoms with Gasteiger partial charge in [0.2, 0.25) is 0 Å². The molecule has 1 atom stereocenters. The first-order valence-corrected chi connectivity index (χ1v) is 6.17. The fourth-order valence-corrected chi connectivity index (χ4v) is 2.24. The van der Waals surface area contributed by atoms with Crippen LogP contribution in [-0.4, -0.2) is 34.0 Å². The Balaban J connectivity index is 1.70. The van der Waals surface area contributed by atoms with Crippen molar-refractivity contribution in [2.45, 2.75) is 18.5 Å². The second-order valence-corrected chi connectivity index (χ2v) is 4.70. The number of rotatable bonds is 2. The van der Waals surface area contributed by atoms with Gasteiger partial charge in [0.05, 0.1) is 11.8 Å². The summed E-state index contributed by atoms with van der Waals surface area (Å²) in [6.07, 6.45) is -1.46. The number of carbonyl (C=O) groups excluding carboxylic acids is 1. The smallest absolute Gasteiger partial charge is 0.471 e. The molecule has 3 heterocycles. The van der Waals surface area contributed by atoms with E-state index in [-0.39, 0.29) is 24.2 Å². The molecular formula is C12H10F3N3O3. The maximum absolute atomic E-state index is 12.4. The van der Waals surface area contributed by atoms with Gasteiger partial charge in [0.15, 0.2) is 5.82 Å². The average Bonchev–Trinajstić information content (AvgIpc) is 3.17. The summed E-state index contributed by atoms with van der Waals surface area (Å²) in [6, 6.07) is 1.53. The number of furan rings is 1. The van der Waals surface area contributed by atoms with Gasteiger partial charge in [-0.2, -0.15) is 18.2 Å². The zero-order valence-electron chi connectivity index (χ0n) is 10.6. The molecule has 0 aliphatic carbocycles. The molecule has 0 aromatic carbocycles. The summed E-state index contributed by atoms with van der Waals surface area (Å²) in [5, 5.41) is 3.36. The molecule has 0 spiro atoms. The molecule has 1 fully saturated rings. The number of alkyl halides is 3. The maximum Gasteiger partial charge on any atom is 0.471 e. The average molecular weight is 301 g/mol. The predicted octanol–water partition coefficient (Wildman–Crippen LogP) is 2.31. The number of carbonyl (C=O) groups is 1. The fourth-order valence-electron chi connectivity index (χ4n) is 2.24. The number of amides is 1. The van der Waals surface area contributed by atoms with Crippen molar-refractivity contribution in [2.24, 2.45) is 0 Å². The third kappa shape index (κ3) is 2.63. The molecule has 2 aromatic rings. The van der Waals surface area contributed by atoms with Crippen molar-refractivity contribution in [3.63, 3.8) is 0 Å². The number of halogens is 3. The Morgan fingerprint density at radius 3 is 2.86 bits per heavy atom. The molecule has 21 heavy (non-hydrogen) atoms. The number of hydrogen-bond acceptors (Lipinski definition) is 5. The highest BCUT2D eigenvalue weighted by Crippen LogP contribution is 2.31. The molecule has 0 saturated carbocycles. The standard InChI is InChI=1S/C12H10F3N3O3/c13-12(14,15)11-16-9(17-21-11)7-1-3-18(5-7)10(19)8-2-4-20-6-8/h2,4,6-7H,1,3,5H2. The van der Waals surface area contributed by atoms with Gasteiger partial charge in [0, 0.05) is 19.0 Å². The van der Waals surface area contributed by atoms with Crippen molar-refractivity contribution in [2.75, 3.05) is 13.1 Å². The molecule has 2 aromatic heterocycles. The topological polar surface area (TPSA) is 72.4 Å². The monoisotopic (exact) mass is 301 g/mol. The Labute approximate surface area is 116 Å². The van der Waals surface area contributed by atoms with Gasteiger partial charge in [-0.15, -0.1) is 0 Å². The van der Waals surface area contributed by atoms with E-state index < -0.39 is 12.1 Å². The van der Waals surface area contributed by atoms with Crippen LogP contribution in [0.5, 0.6) is 0 Å². The summed E-state index contributed by atoms with van der Waals surface area (Å²) in [5.74, 6) is -1.98. The molecule has 0 N–H and O–H groups in total. The van der Waals surface area contributed by atoms with Crippen molar-refractivity contribution < 1.29 is 26.9 Å². The zero-order chi connectivity index (χ0) is 15.0. The molecule has 1 aliphatic heterocycles. The van der Waals surface area contributed by atoms with Crippen LogP contribution in [-0.2, 0) is 6.18 Å². The van der Waals surface area contributed by atoms with E-state index in [1.807, 2.05) is 0 Å². The molecule has 112 valence electrons. The van der Waals surface area contributed by atoms with Crippen molar-refractivity contribution in [3.8, 4) is 0 Å². The van der Waals surface area contributed by atoms with Crippen molar-refractivity contribution in [3.05, 3.63) is 35.9 Å². The highest BCUT2D eigenvalue weighted by molar-refractivity contribution is 5.94. The summed E-state index contributed by atoms with van der Waals surface area (Å²) in [4.78, 5) is 17.0. The van der Waals surface area contributed by atoms with Crippen LogP contribution < -0.4 is 0 Å². The van der Waals surface area contributed by atoms with Gasteiger partial charge in [-0.1, -0.05) is 5.16 Å². The summed E-state index contributed by atoms with van der Waals surface area (Å²) in [5.41, 5.74) is 0.403. The van der Waals surface area contributed by atoms with Gasteiger partial charge >= 0.3 is 12.1 Å². The lowest BCUT2D eigenvalue weighted by Gasteiger charge is -2.14. The minimum atomic E-state index is -4.66. The lowest BCUT2D eigenvalue weighted by Crippen LogP contribution is -2.28. The van der Waals surface area contributed by atoms with E-state index in [1.165, 1.54) is 23.5 Å². The third-order valence-electron chi connectivity index (χ3n) is 3.29. The van der Waals surface area contributed by atoms with Gasteiger partial charge in [0.1, 0.15) is 6.26 Å². The van der Waals surface area contributed by atoms with Crippen molar-refractivity contribution in [1.29, 1.82) is 0 Å². The van der Waals surface area contributed by atoms with Gasteiger partial charge in [-0.25, -0.2) is 0 Å². The van der Waals surface area contributed by atoms with E-state index >= 15 is 0 Å². The van der Waals surface area contributed by atoms with E-state index in [1.54, 1.807) is 0 Å². The van der Waals surface area contributed by atoms with Crippen molar-refractivity contribution in [1.82, 2.24) is 15.0 Å². The van der Waals surface area contributed by atoms with E-state index in [4.69, 9.17) is 4.42 Å². The molecule has 1 unspecified atom stereocenters. The summed E-state index contributed by atoms with van der Waals surface area (Å²) < 4.78 is 46.3. The maximum atomic E-state index is 12.4. The molecular weight excluding hydrogens is 291 g/mol. The normalized spacial score (nSPS) is 19.2. The SMILES string of the molecule is O=C(c1ccoc1)N1CCC(c2noc(C(F)(F)F)n2)C1. The van der Waals surface area contributed by atoms with Crippen LogP contribution in [0, 0.1) is 0 Å². The van der Waals surface area contributed by atoms with Crippen LogP contribution in [0.3, 0.4) is 0 Å². The number of aromatic nitrogens is 2. The fraction of sp³-hybridized carbons (Fsp3) is 0.417. The molecule has 0 bridgehead atoms. The van der Waals surface area contributed by atoms with Gasteiger partial charge in [-0.3, -0.25) is 4.79 Å². The quantitative estimate of drug-likeness (QED) is 0.851. The van der Waals surface area contributed by atoms with Crippen molar-refractivity contribution >= 4 is 5.91 Å². The Morgan fingerprint density at radius 1 is 1.43 bits per heavy atom. The Kier molecular flexibility index (Phi) is 3.19. The second kappa shape index (κ2) is 4.90. The van der Waals surface area contributed by atoms with E-state index in [9.17, 15) is 18.0 Å².